The smallest absolute Gasteiger partial charge is 0.281 e. The second-order valence-corrected chi connectivity index (χ2v) is 9.29. The van der Waals surface area contributed by atoms with Gasteiger partial charge in [-0.05, 0) is 50.6 Å². The molecule has 0 saturated carbocycles. The molecule has 0 aliphatic rings. The number of amides is 1. The standard InChI is InChI=1S/C24H22N4O4S.2H2/c1-15-4-7-18(8-5-15)20-10-9-19(23(29)28-33(30,31)22-12-13-25-27-22)24(26-20)32-21-11-6-16(2)14-17(21)3;;/h4-14H,1-3H3,(H,25,27)(H,28,29);2*1H. The number of benzene rings is 2. The van der Waals surface area contributed by atoms with Crippen LogP contribution in [0.15, 0.2) is 71.9 Å². The van der Waals surface area contributed by atoms with Gasteiger partial charge >= 0.3 is 0 Å². The number of aromatic amines is 1. The summed E-state index contributed by atoms with van der Waals surface area (Å²) in [7, 11) is -4.14. The minimum atomic E-state index is -4.14. The van der Waals surface area contributed by atoms with Gasteiger partial charge in [-0.1, -0.05) is 47.5 Å². The van der Waals surface area contributed by atoms with Crippen LogP contribution in [0.3, 0.4) is 0 Å². The quantitative estimate of drug-likeness (QED) is 0.422. The van der Waals surface area contributed by atoms with Gasteiger partial charge in [0, 0.05) is 8.42 Å². The van der Waals surface area contributed by atoms with Crippen LogP contribution in [0, 0.1) is 20.8 Å². The third kappa shape index (κ3) is 4.93. The summed E-state index contributed by atoms with van der Waals surface area (Å²) in [6, 6.07) is 17.8. The van der Waals surface area contributed by atoms with Gasteiger partial charge in [-0.3, -0.25) is 9.89 Å². The molecule has 4 aromatic rings. The first kappa shape index (κ1) is 22.2. The van der Waals surface area contributed by atoms with Crippen LogP contribution in [-0.2, 0) is 10.0 Å². The summed E-state index contributed by atoms with van der Waals surface area (Å²) in [4.78, 5) is 17.5. The van der Waals surface area contributed by atoms with E-state index >= 15 is 0 Å². The van der Waals surface area contributed by atoms with Crippen LogP contribution in [0.1, 0.15) is 29.9 Å². The summed E-state index contributed by atoms with van der Waals surface area (Å²) in [6.45, 7) is 5.83. The average molecular weight is 467 g/mol. The Morgan fingerprint density at radius 1 is 0.970 bits per heavy atom. The lowest BCUT2D eigenvalue weighted by Gasteiger charge is -2.14. The number of carbonyl (C=O) groups is 1. The molecule has 2 heterocycles. The number of hydrogen-bond donors (Lipinski definition) is 2. The van der Waals surface area contributed by atoms with E-state index in [4.69, 9.17) is 4.74 Å². The van der Waals surface area contributed by atoms with Gasteiger partial charge in [0.2, 0.25) is 5.88 Å². The molecule has 0 fully saturated rings. The van der Waals surface area contributed by atoms with Gasteiger partial charge in [0.15, 0.2) is 5.03 Å². The van der Waals surface area contributed by atoms with Crippen molar-refractivity contribution in [2.24, 2.45) is 0 Å². The van der Waals surface area contributed by atoms with Crippen molar-refractivity contribution < 1.29 is 20.8 Å². The maximum atomic E-state index is 13.0. The molecule has 0 aliphatic heterocycles. The number of carbonyl (C=O) groups excluding carboxylic acids is 1. The van der Waals surface area contributed by atoms with E-state index in [1.165, 1.54) is 18.3 Å². The SMILES string of the molecule is Cc1ccc(-c2ccc(C(=O)NS(=O)(=O)c3ccn[nH]3)c(Oc3ccc(C)cc3C)n2)cc1.[HH].[HH]. The number of hydrogen-bond acceptors (Lipinski definition) is 6. The van der Waals surface area contributed by atoms with Crippen molar-refractivity contribution in [2.45, 2.75) is 25.8 Å². The maximum Gasteiger partial charge on any atom is 0.281 e. The molecule has 172 valence electrons. The maximum absolute atomic E-state index is 13.0. The third-order valence-corrected chi connectivity index (χ3v) is 6.24. The highest BCUT2D eigenvalue weighted by molar-refractivity contribution is 7.90. The Hall–Kier alpha value is -3.98. The number of sulfonamides is 1. The summed E-state index contributed by atoms with van der Waals surface area (Å²) in [6.07, 6.45) is 1.28. The minimum absolute atomic E-state index is 0. The van der Waals surface area contributed by atoms with Crippen LogP contribution >= 0.6 is 0 Å². The van der Waals surface area contributed by atoms with Gasteiger partial charge < -0.3 is 4.74 Å². The second-order valence-electron chi connectivity index (χ2n) is 7.64. The third-order valence-electron chi connectivity index (χ3n) is 4.98. The minimum Gasteiger partial charge on any atom is -0.438 e. The molecular weight excluding hydrogens is 440 g/mol. The fourth-order valence-electron chi connectivity index (χ4n) is 3.22. The van der Waals surface area contributed by atoms with Crippen molar-refractivity contribution in [1.82, 2.24) is 19.9 Å². The molecular formula is C24H26N4O4S. The summed E-state index contributed by atoms with van der Waals surface area (Å²) in [5, 5.41) is 5.73. The van der Waals surface area contributed by atoms with Crippen molar-refractivity contribution in [3.05, 3.63) is 89.1 Å². The molecule has 9 heteroatoms. The fraction of sp³-hybridized carbons (Fsp3) is 0.125. The number of aryl methyl sites for hydroxylation is 3. The van der Waals surface area contributed by atoms with Gasteiger partial charge in [-0.2, -0.15) is 13.5 Å². The largest absolute Gasteiger partial charge is 0.438 e. The zero-order chi connectivity index (χ0) is 23.6. The molecule has 0 saturated heterocycles. The zero-order valence-electron chi connectivity index (χ0n) is 18.3. The van der Waals surface area contributed by atoms with Crippen molar-refractivity contribution in [3.8, 4) is 22.9 Å². The molecule has 1 amide bonds. The molecule has 0 atom stereocenters. The van der Waals surface area contributed by atoms with E-state index in [-0.39, 0.29) is 19.3 Å². The lowest BCUT2D eigenvalue weighted by Crippen LogP contribution is -2.31. The molecule has 2 aromatic carbocycles. The zero-order valence-corrected chi connectivity index (χ0v) is 19.1. The first-order valence-corrected chi connectivity index (χ1v) is 11.6. The van der Waals surface area contributed by atoms with Crippen LogP contribution in [0.25, 0.3) is 11.3 Å². The highest BCUT2D eigenvalue weighted by Gasteiger charge is 2.24. The van der Waals surface area contributed by atoms with E-state index in [2.05, 4.69) is 15.2 Å². The van der Waals surface area contributed by atoms with E-state index < -0.39 is 15.9 Å². The Balaban J connectivity index is 0.00000216. The highest BCUT2D eigenvalue weighted by Crippen LogP contribution is 2.30. The van der Waals surface area contributed by atoms with E-state index in [0.29, 0.717) is 11.4 Å². The van der Waals surface area contributed by atoms with Crippen molar-refractivity contribution in [2.75, 3.05) is 0 Å². The van der Waals surface area contributed by atoms with Crippen molar-refractivity contribution in [1.29, 1.82) is 0 Å². The topological polar surface area (TPSA) is 114 Å². The summed E-state index contributed by atoms with van der Waals surface area (Å²) in [5.74, 6) is -0.357. The number of aromatic nitrogens is 3. The molecule has 0 aliphatic carbocycles. The van der Waals surface area contributed by atoms with E-state index in [9.17, 15) is 13.2 Å². The lowest BCUT2D eigenvalue weighted by molar-refractivity contribution is 0.0978. The van der Waals surface area contributed by atoms with Crippen molar-refractivity contribution >= 4 is 15.9 Å². The molecule has 8 nitrogen and oxygen atoms in total. The molecule has 2 aromatic heterocycles. The Bertz CT molecular complexity index is 1420. The van der Waals surface area contributed by atoms with Gasteiger partial charge in [0.05, 0.1) is 11.9 Å². The van der Waals surface area contributed by atoms with Gasteiger partial charge in [-0.15, -0.1) is 0 Å². The molecule has 0 radical (unpaired) electrons. The molecule has 0 bridgehead atoms. The van der Waals surface area contributed by atoms with Gasteiger partial charge in [0.25, 0.3) is 15.9 Å². The van der Waals surface area contributed by atoms with E-state index in [0.717, 1.165) is 22.3 Å². The van der Waals surface area contributed by atoms with E-state index in [1.54, 1.807) is 12.1 Å². The number of ether oxygens (including phenoxy) is 1. The number of nitrogens with zero attached hydrogens (tertiary/aromatic N) is 2. The normalized spacial score (nSPS) is 11.2. The monoisotopic (exact) mass is 466 g/mol. The van der Waals surface area contributed by atoms with Crippen LogP contribution in [0.2, 0.25) is 0 Å². The molecule has 0 spiro atoms. The van der Waals surface area contributed by atoms with Crippen LogP contribution in [0.5, 0.6) is 11.6 Å². The van der Waals surface area contributed by atoms with Crippen LogP contribution < -0.4 is 9.46 Å². The first-order chi connectivity index (χ1) is 15.7. The number of rotatable bonds is 6. The number of nitrogens with one attached hydrogen (secondary N) is 2. The number of pyridine rings is 1. The van der Waals surface area contributed by atoms with Gasteiger partial charge in [0.1, 0.15) is 11.3 Å². The van der Waals surface area contributed by atoms with Gasteiger partial charge in [-0.25, -0.2) is 9.71 Å². The molecule has 4 rings (SSSR count). The molecule has 33 heavy (non-hydrogen) atoms. The summed E-state index contributed by atoms with van der Waals surface area (Å²) in [5.41, 5.74) is 4.42. The van der Waals surface area contributed by atoms with Crippen LogP contribution in [0.4, 0.5) is 0 Å². The van der Waals surface area contributed by atoms with Crippen LogP contribution in [-0.4, -0.2) is 29.5 Å². The number of H-pyrrole nitrogens is 1. The Morgan fingerprint density at radius 2 is 1.70 bits per heavy atom. The lowest BCUT2D eigenvalue weighted by atomic mass is 10.1. The Morgan fingerprint density at radius 3 is 2.36 bits per heavy atom. The Labute approximate surface area is 194 Å². The highest BCUT2D eigenvalue weighted by atomic mass is 32.2. The predicted molar refractivity (Wildman–Crippen MR) is 128 cm³/mol. The predicted octanol–water partition coefficient (Wildman–Crippen LogP) is 4.80. The van der Waals surface area contributed by atoms with Crippen molar-refractivity contribution in [3.63, 3.8) is 0 Å². The fourth-order valence-corrected chi connectivity index (χ4v) is 4.10. The molecule has 0 unspecified atom stereocenters. The summed E-state index contributed by atoms with van der Waals surface area (Å²) >= 11 is 0. The molecule has 2 N–H and O–H groups in total. The van der Waals surface area contributed by atoms with E-state index in [1.807, 2.05) is 61.9 Å². The first-order valence-electron chi connectivity index (χ1n) is 10.1. The average Bonchev–Trinajstić information content (AvgIpc) is 3.32. The summed E-state index contributed by atoms with van der Waals surface area (Å²) < 4.78 is 33.0. The second kappa shape index (κ2) is 8.87. The Kier molecular flexibility index (Phi) is 5.97.